The van der Waals surface area contributed by atoms with Crippen molar-refractivity contribution in [2.24, 2.45) is 0 Å². The molecule has 106 valence electrons. The summed E-state index contributed by atoms with van der Waals surface area (Å²) in [5.41, 5.74) is 3.72. The first kappa shape index (κ1) is 13.8. The summed E-state index contributed by atoms with van der Waals surface area (Å²) in [7, 11) is 0. The number of nitrogens with one attached hydrogen (secondary N) is 1. The van der Waals surface area contributed by atoms with Crippen molar-refractivity contribution in [3.8, 4) is 11.3 Å². The van der Waals surface area contributed by atoms with E-state index in [9.17, 15) is 4.39 Å². The summed E-state index contributed by atoms with van der Waals surface area (Å²) in [5.74, 6) is -0.181. The fourth-order valence-corrected chi connectivity index (χ4v) is 2.72. The first-order valence-corrected chi connectivity index (χ1v) is 7.60. The molecule has 3 aromatic rings. The molecule has 4 heteroatoms. The zero-order valence-corrected chi connectivity index (χ0v) is 12.5. The van der Waals surface area contributed by atoms with E-state index in [0.29, 0.717) is 12.1 Å². The third-order valence-electron chi connectivity index (χ3n) is 3.24. The third kappa shape index (κ3) is 3.28. The minimum absolute atomic E-state index is 0.181. The van der Waals surface area contributed by atoms with Crippen molar-refractivity contribution in [3.05, 3.63) is 70.3 Å². The highest BCUT2D eigenvalue weighted by Crippen LogP contribution is 2.23. The summed E-state index contributed by atoms with van der Waals surface area (Å²) >= 11 is 1.64. The second-order valence-corrected chi connectivity index (χ2v) is 5.84. The molecule has 0 saturated carbocycles. The van der Waals surface area contributed by atoms with Gasteiger partial charge in [0.2, 0.25) is 0 Å². The van der Waals surface area contributed by atoms with Gasteiger partial charge in [-0.25, -0.2) is 9.37 Å². The Morgan fingerprint density at radius 1 is 1.10 bits per heavy atom. The Morgan fingerprint density at radius 2 is 1.86 bits per heavy atom. The Kier molecular flexibility index (Phi) is 3.97. The van der Waals surface area contributed by atoms with Crippen molar-refractivity contribution in [1.29, 1.82) is 0 Å². The molecule has 3 rings (SSSR count). The Balaban J connectivity index is 1.69. The molecule has 2 nitrogen and oxygen atoms in total. The third-order valence-corrected chi connectivity index (χ3v) is 4.01. The summed E-state index contributed by atoms with van der Waals surface area (Å²) in [5, 5.41) is 6.34. The molecule has 2 aromatic carbocycles. The number of nitrogens with zero attached hydrogens (tertiary/aromatic N) is 1. The molecule has 0 aliphatic rings. The Bertz CT molecular complexity index is 735. The van der Waals surface area contributed by atoms with Gasteiger partial charge in [0.25, 0.3) is 0 Å². The Morgan fingerprint density at radius 3 is 2.52 bits per heavy atom. The molecule has 21 heavy (non-hydrogen) atoms. The number of anilines is 1. The highest BCUT2D eigenvalue weighted by Gasteiger charge is 2.03. The Labute approximate surface area is 127 Å². The SMILES string of the molecule is Cc1nc(-c2ccc(NCc3ccccc3F)cc2)cs1. The van der Waals surface area contributed by atoms with Crippen molar-refractivity contribution in [1.82, 2.24) is 4.98 Å². The van der Waals surface area contributed by atoms with E-state index in [1.54, 1.807) is 23.5 Å². The van der Waals surface area contributed by atoms with Crippen LogP contribution >= 0.6 is 11.3 Å². The second-order valence-electron chi connectivity index (χ2n) is 4.77. The van der Waals surface area contributed by atoms with Crippen LogP contribution in [0.15, 0.2) is 53.9 Å². The minimum atomic E-state index is -0.181. The maximum atomic E-state index is 13.5. The van der Waals surface area contributed by atoms with Gasteiger partial charge < -0.3 is 5.32 Å². The molecule has 0 unspecified atom stereocenters. The molecular weight excluding hydrogens is 283 g/mol. The van der Waals surface area contributed by atoms with Crippen LogP contribution in [0.25, 0.3) is 11.3 Å². The lowest BCUT2D eigenvalue weighted by atomic mass is 10.1. The van der Waals surface area contributed by atoms with E-state index >= 15 is 0 Å². The van der Waals surface area contributed by atoms with Crippen molar-refractivity contribution in [3.63, 3.8) is 0 Å². The highest BCUT2D eigenvalue weighted by molar-refractivity contribution is 7.09. The van der Waals surface area contributed by atoms with Gasteiger partial charge in [0.1, 0.15) is 5.82 Å². The van der Waals surface area contributed by atoms with Crippen LogP contribution in [0.4, 0.5) is 10.1 Å². The van der Waals surface area contributed by atoms with Crippen molar-refractivity contribution in [2.75, 3.05) is 5.32 Å². The largest absolute Gasteiger partial charge is 0.381 e. The highest BCUT2D eigenvalue weighted by atomic mass is 32.1. The van der Waals surface area contributed by atoms with Crippen molar-refractivity contribution in [2.45, 2.75) is 13.5 Å². The standard InChI is InChI=1S/C17H15FN2S/c1-12-20-17(11-21-12)13-6-8-15(9-7-13)19-10-14-4-2-3-5-16(14)18/h2-9,11,19H,10H2,1H3. The maximum absolute atomic E-state index is 13.5. The number of aryl methyl sites for hydroxylation is 1. The molecule has 0 aliphatic heterocycles. The molecule has 0 amide bonds. The van der Waals surface area contributed by atoms with Crippen LogP contribution in [-0.4, -0.2) is 4.98 Å². The molecule has 0 radical (unpaired) electrons. The lowest BCUT2D eigenvalue weighted by Crippen LogP contribution is -2.01. The lowest BCUT2D eigenvalue weighted by molar-refractivity contribution is 0.613. The van der Waals surface area contributed by atoms with E-state index in [0.717, 1.165) is 22.0 Å². The topological polar surface area (TPSA) is 24.9 Å². The van der Waals surface area contributed by atoms with Crippen LogP contribution < -0.4 is 5.32 Å². The van der Waals surface area contributed by atoms with Crippen LogP contribution in [-0.2, 0) is 6.54 Å². The van der Waals surface area contributed by atoms with Crippen LogP contribution in [0.2, 0.25) is 0 Å². The van der Waals surface area contributed by atoms with Gasteiger partial charge in [-0.05, 0) is 25.1 Å². The molecule has 1 N–H and O–H groups in total. The molecule has 0 fully saturated rings. The maximum Gasteiger partial charge on any atom is 0.128 e. The minimum Gasteiger partial charge on any atom is -0.381 e. The van der Waals surface area contributed by atoms with Gasteiger partial charge in [0, 0.05) is 28.7 Å². The van der Waals surface area contributed by atoms with Gasteiger partial charge in [-0.15, -0.1) is 11.3 Å². The van der Waals surface area contributed by atoms with Crippen molar-refractivity contribution >= 4 is 17.0 Å². The van der Waals surface area contributed by atoms with E-state index in [-0.39, 0.29) is 5.82 Å². The number of benzene rings is 2. The van der Waals surface area contributed by atoms with Gasteiger partial charge in [0.05, 0.1) is 10.7 Å². The van der Waals surface area contributed by atoms with Crippen LogP contribution in [0, 0.1) is 12.7 Å². The van der Waals surface area contributed by atoms with Crippen LogP contribution in [0.3, 0.4) is 0 Å². The average molecular weight is 298 g/mol. The number of hydrogen-bond donors (Lipinski definition) is 1. The Hall–Kier alpha value is -2.20. The fourth-order valence-electron chi connectivity index (χ4n) is 2.09. The van der Waals surface area contributed by atoms with E-state index in [4.69, 9.17) is 0 Å². The predicted octanol–water partition coefficient (Wildman–Crippen LogP) is 4.87. The quantitative estimate of drug-likeness (QED) is 0.743. The molecule has 0 atom stereocenters. The van der Waals surface area contributed by atoms with E-state index in [1.807, 2.05) is 37.3 Å². The van der Waals surface area contributed by atoms with E-state index in [1.165, 1.54) is 6.07 Å². The van der Waals surface area contributed by atoms with Gasteiger partial charge in [-0.3, -0.25) is 0 Å². The van der Waals surface area contributed by atoms with Crippen molar-refractivity contribution < 1.29 is 4.39 Å². The van der Waals surface area contributed by atoms with Gasteiger partial charge in [-0.2, -0.15) is 0 Å². The van der Waals surface area contributed by atoms with Crippen LogP contribution in [0.5, 0.6) is 0 Å². The fraction of sp³-hybridized carbons (Fsp3) is 0.118. The molecular formula is C17H15FN2S. The first-order valence-electron chi connectivity index (χ1n) is 6.72. The average Bonchev–Trinajstić information content (AvgIpc) is 2.94. The predicted molar refractivity (Wildman–Crippen MR) is 86.0 cm³/mol. The monoisotopic (exact) mass is 298 g/mol. The van der Waals surface area contributed by atoms with E-state index in [2.05, 4.69) is 15.7 Å². The number of aromatic nitrogens is 1. The van der Waals surface area contributed by atoms with E-state index < -0.39 is 0 Å². The smallest absolute Gasteiger partial charge is 0.128 e. The summed E-state index contributed by atoms with van der Waals surface area (Å²) in [6, 6.07) is 14.8. The molecule has 1 heterocycles. The van der Waals surface area contributed by atoms with Gasteiger partial charge in [0.15, 0.2) is 0 Å². The number of hydrogen-bond acceptors (Lipinski definition) is 3. The van der Waals surface area contributed by atoms with Crippen LogP contribution in [0.1, 0.15) is 10.6 Å². The molecule has 0 saturated heterocycles. The first-order chi connectivity index (χ1) is 10.2. The number of rotatable bonds is 4. The number of thiazole rings is 1. The summed E-state index contributed by atoms with van der Waals surface area (Å²) in [6.45, 7) is 2.47. The second kappa shape index (κ2) is 6.06. The summed E-state index contributed by atoms with van der Waals surface area (Å²) < 4.78 is 13.5. The normalized spacial score (nSPS) is 10.6. The molecule has 0 aliphatic carbocycles. The van der Waals surface area contributed by atoms with Gasteiger partial charge in [-0.1, -0.05) is 30.3 Å². The number of halogens is 1. The summed E-state index contributed by atoms with van der Waals surface area (Å²) in [4.78, 5) is 4.46. The molecule has 1 aromatic heterocycles. The zero-order valence-electron chi connectivity index (χ0n) is 11.6. The molecule has 0 bridgehead atoms. The lowest BCUT2D eigenvalue weighted by Gasteiger charge is -2.08. The van der Waals surface area contributed by atoms with Gasteiger partial charge >= 0.3 is 0 Å². The summed E-state index contributed by atoms with van der Waals surface area (Å²) in [6.07, 6.45) is 0. The zero-order chi connectivity index (χ0) is 14.7. The molecule has 0 spiro atoms.